The van der Waals surface area contributed by atoms with Gasteiger partial charge in [0, 0.05) is 30.1 Å². The van der Waals surface area contributed by atoms with Crippen LogP contribution in [-0.4, -0.2) is 52.7 Å². The molecule has 2 aromatic heterocycles. The quantitative estimate of drug-likeness (QED) is 0.294. The standard InChI is InChI=1S/C24H20F3N5O2.CH2O2/c1-28-22(33)18-6-2-4-15(10-18)16-8-9-32-20(13-29-21(32)12-16)17-5-3-7-19(11-17)31-23(34)30-14-24(25,26)27;2-1-3/h2-13H,14H2,1H3,(H,28,33)(H2,30,31,34);1H,(H,2,3). The highest BCUT2D eigenvalue weighted by atomic mass is 19.4. The van der Waals surface area contributed by atoms with Crippen LogP contribution in [0.1, 0.15) is 10.4 Å². The first-order valence-electron chi connectivity index (χ1n) is 10.7. The molecule has 2 heterocycles. The Balaban J connectivity index is 0.00000121. The number of carboxylic acid groups (broad SMARTS) is 1. The molecule has 0 aliphatic carbocycles. The van der Waals surface area contributed by atoms with Crippen molar-refractivity contribution in [1.82, 2.24) is 20.0 Å². The Morgan fingerprint density at radius 3 is 2.41 bits per heavy atom. The van der Waals surface area contributed by atoms with Crippen molar-refractivity contribution in [2.75, 3.05) is 18.9 Å². The van der Waals surface area contributed by atoms with E-state index >= 15 is 0 Å². The van der Waals surface area contributed by atoms with Crippen LogP contribution in [0.25, 0.3) is 28.0 Å². The second-order valence-electron chi connectivity index (χ2n) is 7.56. The molecule has 12 heteroatoms. The van der Waals surface area contributed by atoms with Gasteiger partial charge < -0.3 is 21.1 Å². The SMILES string of the molecule is CNC(=O)c1cccc(-c2ccn3c(-c4cccc(NC(=O)NCC(F)(F)F)c4)cnc3c2)c1.O=CO. The number of nitrogens with zero attached hydrogens (tertiary/aromatic N) is 2. The van der Waals surface area contributed by atoms with Crippen molar-refractivity contribution in [2.45, 2.75) is 6.18 Å². The molecule has 0 bridgehead atoms. The maximum absolute atomic E-state index is 12.3. The van der Waals surface area contributed by atoms with E-state index in [9.17, 15) is 22.8 Å². The van der Waals surface area contributed by atoms with Gasteiger partial charge in [-0.1, -0.05) is 24.3 Å². The van der Waals surface area contributed by atoms with Gasteiger partial charge in [0.2, 0.25) is 0 Å². The summed E-state index contributed by atoms with van der Waals surface area (Å²) in [6.07, 6.45) is -0.975. The van der Waals surface area contributed by atoms with Crippen molar-refractivity contribution in [3.8, 4) is 22.4 Å². The first-order chi connectivity index (χ1) is 17.6. The number of carbonyl (C=O) groups excluding carboxylic acids is 2. The van der Waals surface area contributed by atoms with Gasteiger partial charge >= 0.3 is 12.2 Å². The Morgan fingerprint density at radius 1 is 1.03 bits per heavy atom. The van der Waals surface area contributed by atoms with Crippen LogP contribution in [-0.2, 0) is 4.79 Å². The lowest BCUT2D eigenvalue weighted by atomic mass is 10.0. The predicted octanol–water partition coefficient (Wildman–Crippen LogP) is 4.41. The van der Waals surface area contributed by atoms with Crippen LogP contribution < -0.4 is 16.0 Å². The number of anilines is 1. The topological polar surface area (TPSA) is 125 Å². The van der Waals surface area contributed by atoms with Gasteiger partial charge in [0.1, 0.15) is 12.2 Å². The van der Waals surface area contributed by atoms with Crippen LogP contribution in [0.5, 0.6) is 0 Å². The van der Waals surface area contributed by atoms with Gasteiger partial charge in [0.05, 0.1) is 11.9 Å². The smallest absolute Gasteiger partial charge is 0.405 e. The zero-order valence-corrected chi connectivity index (χ0v) is 19.4. The molecule has 0 unspecified atom stereocenters. The lowest BCUT2D eigenvalue weighted by Gasteiger charge is -2.11. The van der Waals surface area contributed by atoms with Gasteiger partial charge in [-0.05, 0) is 47.5 Å². The minimum absolute atomic E-state index is 0.174. The molecule has 9 nitrogen and oxygen atoms in total. The van der Waals surface area contributed by atoms with Crippen LogP contribution >= 0.6 is 0 Å². The van der Waals surface area contributed by atoms with Crippen LogP contribution in [0.15, 0.2) is 73.1 Å². The Labute approximate surface area is 209 Å². The molecule has 0 spiro atoms. The summed E-state index contributed by atoms with van der Waals surface area (Å²) in [5, 5.41) is 13.7. The largest absolute Gasteiger partial charge is 0.483 e. The fourth-order valence-electron chi connectivity index (χ4n) is 3.47. The second kappa shape index (κ2) is 11.7. The molecule has 0 saturated heterocycles. The third-order valence-electron chi connectivity index (χ3n) is 5.06. The zero-order valence-electron chi connectivity index (χ0n) is 19.4. The number of halogens is 3. The summed E-state index contributed by atoms with van der Waals surface area (Å²) in [5.41, 5.74) is 4.76. The van der Waals surface area contributed by atoms with E-state index in [0.29, 0.717) is 16.9 Å². The molecule has 0 saturated carbocycles. The highest BCUT2D eigenvalue weighted by molar-refractivity contribution is 5.95. The lowest BCUT2D eigenvalue weighted by molar-refractivity contribution is -0.123. The third-order valence-corrected chi connectivity index (χ3v) is 5.06. The molecule has 0 fully saturated rings. The van der Waals surface area contributed by atoms with Gasteiger partial charge in [-0.2, -0.15) is 13.2 Å². The molecule has 192 valence electrons. The number of amides is 3. The number of aromatic nitrogens is 2. The number of carbonyl (C=O) groups is 3. The molecule has 0 atom stereocenters. The highest BCUT2D eigenvalue weighted by Crippen LogP contribution is 2.27. The molecule has 2 aromatic carbocycles. The number of benzene rings is 2. The minimum atomic E-state index is -4.49. The van der Waals surface area contributed by atoms with Gasteiger partial charge in [-0.25, -0.2) is 9.78 Å². The van der Waals surface area contributed by atoms with E-state index < -0.39 is 18.8 Å². The van der Waals surface area contributed by atoms with Crippen molar-refractivity contribution in [3.05, 3.63) is 78.6 Å². The minimum Gasteiger partial charge on any atom is -0.483 e. The number of hydrogen-bond donors (Lipinski definition) is 4. The molecule has 4 aromatic rings. The number of imidazole rings is 1. The van der Waals surface area contributed by atoms with E-state index in [4.69, 9.17) is 9.90 Å². The molecular formula is C25H22F3N5O4. The molecule has 37 heavy (non-hydrogen) atoms. The van der Waals surface area contributed by atoms with E-state index in [1.54, 1.807) is 48.9 Å². The number of alkyl halides is 3. The van der Waals surface area contributed by atoms with Gasteiger partial charge in [0.25, 0.3) is 12.4 Å². The van der Waals surface area contributed by atoms with Crippen molar-refractivity contribution in [1.29, 1.82) is 0 Å². The molecule has 3 amide bonds. The Morgan fingerprint density at radius 2 is 1.70 bits per heavy atom. The number of hydrogen-bond acceptors (Lipinski definition) is 4. The Hall–Kier alpha value is -4.87. The van der Waals surface area contributed by atoms with Gasteiger partial charge in [-0.3, -0.25) is 14.0 Å². The number of rotatable bonds is 5. The fraction of sp³-hybridized carbons (Fsp3) is 0.120. The van der Waals surface area contributed by atoms with Crippen molar-refractivity contribution in [3.63, 3.8) is 0 Å². The number of fused-ring (bicyclic) bond motifs is 1. The number of nitrogens with one attached hydrogen (secondary N) is 3. The van der Waals surface area contributed by atoms with E-state index in [-0.39, 0.29) is 12.4 Å². The average molecular weight is 513 g/mol. The number of urea groups is 1. The third kappa shape index (κ3) is 7.07. The highest BCUT2D eigenvalue weighted by Gasteiger charge is 2.27. The van der Waals surface area contributed by atoms with E-state index in [1.165, 1.54) is 0 Å². The Kier molecular flexibility index (Phi) is 8.46. The second-order valence-corrected chi connectivity index (χ2v) is 7.56. The first-order valence-corrected chi connectivity index (χ1v) is 10.7. The molecule has 0 aliphatic rings. The summed E-state index contributed by atoms with van der Waals surface area (Å²) < 4.78 is 38.7. The summed E-state index contributed by atoms with van der Waals surface area (Å²) in [7, 11) is 1.58. The zero-order chi connectivity index (χ0) is 27.0. The molecular weight excluding hydrogens is 491 g/mol. The predicted molar refractivity (Wildman–Crippen MR) is 131 cm³/mol. The fourth-order valence-corrected chi connectivity index (χ4v) is 3.47. The summed E-state index contributed by atoms with van der Waals surface area (Å²) in [5.74, 6) is -0.174. The Bertz CT molecular complexity index is 1420. The maximum atomic E-state index is 12.3. The van der Waals surface area contributed by atoms with Crippen molar-refractivity contribution < 1.29 is 32.7 Å². The number of pyridine rings is 1. The van der Waals surface area contributed by atoms with Crippen LogP contribution in [0.3, 0.4) is 0 Å². The van der Waals surface area contributed by atoms with E-state index in [1.807, 2.05) is 40.9 Å². The maximum Gasteiger partial charge on any atom is 0.405 e. The molecule has 0 radical (unpaired) electrons. The van der Waals surface area contributed by atoms with E-state index in [0.717, 1.165) is 22.4 Å². The van der Waals surface area contributed by atoms with Crippen LogP contribution in [0, 0.1) is 0 Å². The monoisotopic (exact) mass is 513 g/mol. The summed E-state index contributed by atoms with van der Waals surface area (Å²) in [6.45, 7) is -1.67. The van der Waals surface area contributed by atoms with E-state index in [2.05, 4.69) is 15.6 Å². The molecule has 0 aliphatic heterocycles. The van der Waals surface area contributed by atoms with Crippen molar-refractivity contribution in [2.24, 2.45) is 0 Å². The molecule has 4 N–H and O–H groups in total. The van der Waals surface area contributed by atoms with Crippen molar-refractivity contribution >= 4 is 29.7 Å². The molecule has 4 rings (SSSR count). The van der Waals surface area contributed by atoms with Crippen LogP contribution in [0.4, 0.5) is 23.7 Å². The summed E-state index contributed by atoms with van der Waals surface area (Å²) in [6, 6.07) is 16.8. The average Bonchev–Trinajstić information content (AvgIpc) is 3.31. The summed E-state index contributed by atoms with van der Waals surface area (Å²) >= 11 is 0. The first kappa shape index (κ1) is 26.7. The van der Waals surface area contributed by atoms with Gasteiger partial charge in [0.15, 0.2) is 0 Å². The lowest BCUT2D eigenvalue weighted by Crippen LogP contribution is -2.36. The van der Waals surface area contributed by atoms with Gasteiger partial charge in [-0.15, -0.1) is 0 Å². The normalized spacial score (nSPS) is 10.7. The van der Waals surface area contributed by atoms with Crippen LogP contribution in [0.2, 0.25) is 0 Å². The summed E-state index contributed by atoms with van der Waals surface area (Å²) in [4.78, 5) is 36.5.